The molecule has 0 bridgehead atoms. The molecule has 4 nitrogen and oxygen atoms in total. The predicted octanol–water partition coefficient (Wildman–Crippen LogP) is 2.68. The van der Waals surface area contributed by atoms with Crippen LogP contribution >= 0.6 is 0 Å². The van der Waals surface area contributed by atoms with Gasteiger partial charge in [0.25, 0.3) is 0 Å². The molecule has 2 N–H and O–H groups in total. The Balaban J connectivity index is 2.01. The van der Waals surface area contributed by atoms with Crippen molar-refractivity contribution in [1.82, 2.24) is 5.32 Å². The lowest BCUT2D eigenvalue weighted by Crippen LogP contribution is -2.42. The predicted molar refractivity (Wildman–Crippen MR) is 76.2 cm³/mol. The minimum absolute atomic E-state index is 0.122. The van der Waals surface area contributed by atoms with Gasteiger partial charge >= 0.3 is 5.97 Å². The molecule has 22 heavy (non-hydrogen) atoms. The Kier molecular flexibility index (Phi) is 4.78. The van der Waals surface area contributed by atoms with Gasteiger partial charge in [0.2, 0.25) is 5.91 Å². The van der Waals surface area contributed by atoms with Crippen molar-refractivity contribution >= 4 is 11.9 Å². The number of carbonyl (C=O) groups excluding carboxylic acids is 1. The summed E-state index contributed by atoms with van der Waals surface area (Å²) in [5.74, 6) is -4.13. The molecule has 1 saturated carbocycles. The van der Waals surface area contributed by atoms with E-state index in [-0.39, 0.29) is 17.4 Å². The smallest absolute Gasteiger partial charge is 0.326 e. The number of carboxylic acids is 1. The second-order valence-corrected chi connectivity index (χ2v) is 6.12. The Morgan fingerprint density at radius 1 is 1.36 bits per heavy atom. The molecule has 0 aromatic heterocycles. The summed E-state index contributed by atoms with van der Waals surface area (Å²) in [5.41, 5.74) is 0.177. The third kappa shape index (κ3) is 3.61. The van der Waals surface area contributed by atoms with Crippen molar-refractivity contribution < 1.29 is 23.5 Å². The maximum absolute atomic E-state index is 13.7. The molecule has 0 spiro atoms. The summed E-state index contributed by atoms with van der Waals surface area (Å²) in [6, 6.07) is 2.93. The molecule has 0 saturated heterocycles. The Labute approximate surface area is 127 Å². The van der Waals surface area contributed by atoms with Crippen LogP contribution in [0.3, 0.4) is 0 Å². The first kappa shape index (κ1) is 16.4. The molecule has 1 amide bonds. The first-order valence-corrected chi connectivity index (χ1v) is 7.28. The van der Waals surface area contributed by atoms with E-state index in [1.54, 1.807) is 0 Å². The van der Waals surface area contributed by atoms with E-state index < -0.39 is 35.5 Å². The van der Waals surface area contributed by atoms with E-state index in [1.807, 2.05) is 13.8 Å². The molecule has 1 fully saturated rings. The highest BCUT2D eigenvalue weighted by atomic mass is 19.2. The molecule has 1 aliphatic rings. The van der Waals surface area contributed by atoms with E-state index in [9.17, 15) is 18.4 Å². The number of hydrogen-bond acceptors (Lipinski definition) is 2. The van der Waals surface area contributed by atoms with E-state index in [1.165, 1.54) is 12.1 Å². The van der Waals surface area contributed by atoms with E-state index in [0.29, 0.717) is 12.8 Å². The topological polar surface area (TPSA) is 66.4 Å². The summed E-state index contributed by atoms with van der Waals surface area (Å²) >= 11 is 0. The van der Waals surface area contributed by atoms with Gasteiger partial charge in [0.15, 0.2) is 11.6 Å². The molecule has 3 unspecified atom stereocenters. The minimum atomic E-state index is -1.09. The molecule has 6 heteroatoms. The Morgan fingerprint density at radius 3 is 2.64 bits per heavy atom. The first-order chi connectivity index (χ1) is 10.3. The van der Waals surface area contributed by atoms with Gasteiger partial charge in [-0.15, -0.1) is 0 Å². The second-order valence-electron chi connectivity index (χ2n) is 6.12. The van der Waals surface area contributed by atoms with Gasteiger partial charge in [0, 0.05) is 5.92 Å². The zero-order valence-corrected chi connectivity index (χ0v) is 12.5. The average molecular weight is 311 g/mol. The van der Waals surface area contributed by atoms with Crippen LogP contribution in [0.15, 0.2) is 18.2 Å². The molecule has 0 heterocycles. The highest BCUT2D eigenvalue weighted by Crippen LogP contribution is 2.48. The van der Waals surface area contributed by atoms with Gasteiger partial charge < -0.3 is 10.4 Å². The number of halogens is 2. The third-order valence-corrected chi connectivity index (χ3v) is 3.83. The van der Waals surface area contributed by atoms with Crippen molar-refractivity contribution in [2.24, 2.45) is 11.8 Å². The highest BCUT2D eigenvalue weighted by molar-refractivity contribution is 5.87. The lowest BCUT2D eigenvalue weighted by atomic mass is 10.0. The van der Waals surface area contributed by atoms with E-state index in [4.69, 9.17) is 5.11 Å². The second kappa shape index (κ2) is 6.42. The van der Waals surface area contributed by atoms with Gasteiger partial charge in [-0.3, -0.25) is 4.79 Å². The number of amides is 1. The van der Waals surface area contributed by atoms with Crippen LogP contribution in [0.5, 0.6) is 0 Å². The van der Waals surface area contributed by atoms with Crippen molar-refractivity contribution in [1.29, 1.82) is 0 Å². The quantitative estimate of drug-likeness (QED) is 0.849. The largest absolute Gasteiger partial charge is 0.480 e. The van der Waals surface area contributed by atoms with Gasteiger partial charge in [0.1, 0.15) is 6.04 Å². The fourth-order valence-corrected chi connectivity index (χ4v) is 2.61. The molecule has 0 aliphatic heterocycles. The molecule has 1 aromatic carbocycles. The molecular formula is C16H19F2NO3. The van der Waals surface area contributed by atoms with Crippen LogP contribution in [-0.4, -0.2) is 23.0 Å². The normalized spacial score (nSPS) is 21.5. The van der Waals surface area contributed by atoms with Crippen molar-refractivity contribution in [3.05, 3.63) is 35.4 Å². The molecule has 2 rings (SSSR count). The van der Waals surface area contributed by atoms with Crippen LogP contribution in [0, 0.1) is 23.5 Å². The zero-order chi connectivity index (χ0) is 16.4. The molecule has 0 radical (unpaired) electrons. The highest BCUT2D eigenvalue weighted by Gasteiger charge is 2.46. The van der Waals surface area contributed by atoms with E-state index >= 15 is 0 Å². The maximum atomic E-state index is 13.7. The summed E-state index contributed by atoms with van der Waals surface area (Å²) in [6.07, 6.45) is 0.729. The summed E-state index contributed by atoms with van der Waals surface area (Å²) in [5, 5.41) is 11.6. The minimum Gasteiger partial charge on any atom is -0.480 e. The lowest BCUT2D eigenvalue weighted by molar-refractivity contribution is -0.142. The summed E-state index contributed by atoms with van der Waals surface area (Å²) in [6.45, 7) is 3.73. The van der Waals surface area contributed by atoms with Gasteiger partial charge in [0.05, 0.1) is 0 Å². The number of benzene rings is 1. The number of rotatable bonds is 6. The zero-order valence-electron chi connectivity index (χ0n) is 12.5. The molecule has 1 aliphatic carbocycles. The van der Waals surface area contributed by atoms with Gasteiger partial charge in [-0.05, 0) is 36.3 Å². The Bertz CT molecular complexity index is 589. The first-order valence-electron chi connectivity index (χ1n) is 7.28. The van der Waals surface area contributed by atoms with Crippen LogP contribution in [0.2, 0.25) is 0 Å². The lowest BCUT2D eigenvalue weighted by Gasteiger charge is -2.16. The fraction of sp³-hybridized carbons (Fsp3) is 0.500. The van der Waals surface area contributed by atoms with E-state index in [0.717, 1.165) is 6.07 Å². The van der Waals surface area contributed by atoms with Crippen LogP contribution < -0.4 is 5.32 Å². The van der Waals surface area contributed by atoms with Gasteiger partial charge in [-0.2, -0.15) is 0 Å². The molecule has 1 aromatic rings. The standard InChI is InChI=1S/C16H19F2NO3/c1-8(2)6-13(16(21)22)19-15(20)11-7-10(11)9-4-3-5-12(17)14(9)18/h3-5,8,10-11,13H,6-7H2,1-2H3,(H,19,20)(H,21,22). The summed E-state index contributed by atoms with van der Waals surface area (Å²) in [4.78, 5) is 23.2. The average Bonchev–Trinajstić information content (AvgIpc) is 3.20. The van der Waals surface area contributed by atoms with Crippen molar-refractivity contribution in [2.75, 3.05) is 0 Å². The monoisotopic (exact) mass is 311 g/mol. The number of carboxylic acid groups (broad SMARTS) is 1. The summed E-state index contributed by atoms with van der Waals surface area (Å²) in [7, 11) is 0. The number of hydrogen-bond donors (Lipinski definition) is 2. The maximum Gasteiger partial charge on any atom is 0.326 e. The SMILES string of the molecule is CC(C)CC(NC(=O)C1CC1c1cccc(F)c1F)C(=O)O. The van der Waals surface area contributed by atoms with Crippen molar-refractivity contribution in [3.8, 4) is 0 Å². The Morgan fingerprint density at radius 2 is 2.05 bits per heavy atom. The molecular weight excluding hydrogens is 292 g/mol. The van der Waals surface area contributed by atoms with Gasteiger partial charge in [-0.1, -0.05) is 26.0 Å². The summed E-state index contributed by atoms with van der Waals surface area (Å²) < 4.78 is 26.9. The van der Waals surface area contributed by atoms with Crippen LogP contribution in [-0.2, 0) is 9.59 Å². The van der Waals surface area contributed by atoms with Crippen LogP contribution in [0.4, 0.5) is 8.78 Å². The van der Waals surface area contributed by atoms with Crippen LogP contribution in [0.25, 0.3) is 0 Å². The van der Waals surface area contributed by atoms with Crippen molar-refractivity contribution in [3.63, 3.8) is 0 Å². The van der Waals surface area contributed by atoms with Crippen molar-refractivity contribution in [2.45, 2.75) is 38.6 Å². The van der Waals surface area contributed by atoms with Crippen LogP contribution in [0.1, 0.15) is 38.2 Å². The third-order valence-electron chi connectivity index (χ3n) is 3.83. The number of nitrogens with one attached hydrogen (secondary N) is 1. The van der Waals surface area contributed by atoms with Gasteiger partial charge in [-0.25, -0.2) is 13.6 Å². The Hall–Kier alpha value is -1.98. The molecule has 3 atom stereocenters. The fourth-order valence-electron chi connectivity index (χ4n) is 2.61. The van der Waals surface area contributed by atoms with E-state index in [2.05, 4.69) is 5.32 Å². The number of carbonyl (C=O) groups is 2. The molecule has 120 valence electrons. The number of aliphatic carboxylic acids is 1.